The minimum absolute atomic E-state index is 0.247. The molecule has 146 valence electrons. The molecule has 3 fully saturated rings. The van der Waals surface area contributed by atoms with Crippen molar-refractivity contribution in [2.45, 2.75) is 18.5 Å². The van der Waals surface area contributed by atoms with Gasteiger partial charge in [-0.15, -0.1) is 0 Å². The first-order valence-electron chi connectivity index (χ1n) is 9.37. The molecule has 0 aromatic heterocycles. The Morgan fingerprint density at radius 3 is 2.28 bits per heavy atom. The third-order valence-electron chi connectivity index (χ3n) is 5.94. The van der Waals surface area contributed by atoms with E-state index in [1.807, 2.05) is 17.1 Å². The van der Waals surface area contributed by atoms with Crippen LogP contribution in [0.1, 0.15) is 23.6 Å². The van der Waals surface area contributed by atoms with Crippen LogP contribution in [0.2, 0.25) is 10.0 Å². The van der Waals surface area contributed by atoms with Crippen molar-refractivity contribution in [3.05, 3.63) is 63.6 Å². The number of imide groups is 1. The van der Waals surface area contributed by atoms with Gasteiger partial charge in [0.15, 0.2) is 0 Å². The lowest BCUT2D eigenvalue weighted by atomic mass is 9.89. The van der Waals surface area contributed by atoms with Crippen LogP contribution in [-0.4, -0.2) is 41.0 Å². The van der Waals surface area contributed by atoms with E-state index in [-0.39, 0.29) is 22.9 Å². The highest BCUT2D eigenvalue weighted by Crippen LogP contribution is 2.49. The average Bonchev–Trinajstić information content (AvgIpc) is 3.35. The van der Waals surface area contributed by atoms with Gasteiger partial charge >= 0.3 is 0 Å². The molecule has 2 amide bonds. The average molecular weight is 427 g/mol. The van der Waals surface area contributed by atoms with Gasteiger partial charge < -0.3 is 0 Å². The van der Waals surface area contributed by atoms with Crippen molar-refractivity contribution in [2.75, 3.05) is 18.0 Å². The number of anilines is 1. The zero-order valence-corrected chi connectivity index (χ0v) is 16.8. The number of benzene rings is 2. The molecular formula is C21H16Cl2N4O2. The highest BCUT2D eigenvalue weighted by atomic mass is 35.5. The lowest BCUT2D eigenvalue weighted by molar-refractivity contribution is -0.126. The first kappa shape index (κ1) is 18.6. The summed E-state index contributed by atoms with van der Waals surface area (Å²) < 4.78 is 0. The van der Waals surface area contributed by atoms with Gasteiger partial charge in [-0.2, -0.15) is 5.26 Å². The molecule has 0 aliphatic carbocycles. The zero-order chi connectivity index (χ0) is 20.3. The lowest BCUT2D eigenvalue weighted by Crippen LogP contribution is -2.44. The van der Waals surface area contributed by atoms with Gasteiger partial charge in [0, 0.05) is 18.1 Å². The van der Waals surface area contributed by atoms with Crippen molar-refractivity contribution >= 4 is 40.7 Å². The number of amides is 2. The van der Waals surface area contributed by atoms with Gasteiger partial charge in [-0.3, -0.25) is 9.59 Å². The summed E-state index contributed by atoms with van der Waals surface area (Å²) in [4.78, 5) is 28.0. The van der Waals surface area contributed by atoms with Crippen molar-refractivity contribution in [1.29, 1.82) is 5.26 Å². The molecule has 0 N–H and O–H groups in total. The number of nitriles is 1. The van der Waals surface area contributed by atoms with E-state index in [1.54, 1.807) is 24.3 Å². The fraction of sp³-hybridized carbons (Fsp3) is 0.286. The van der Waals surface area contributed by atoms with Crippen LogP contribution >= 0.6 is 23.2 Å². The molecule has 0 bridgehead atoms. The molecule has 3 heterocycles. The summed E-state index contributed by atoms with van der Waals surface area (Å²) in [6, 6.07) is 13.3. The summed E-state index contributed by atoms with van der Waals surface area (Å²) in [6.45, 7) is 1.52. The fourth-order valence-electron chi connectivity index (χ4n) is 4.77. The molecule has 3 atom stereocenters. The number of hydrazine groups is 1. The maximum absolute atomic E-state index is 13.5. The molecule has 0 unspecified atom stereocenters. The molecule has 2 aromatic carbocycles. The number of carbonyl (C=O) groups is 2. The minimum Gasteiger partial charge on any atom is -0.274 e. The van der Waals surface area contributed by atoms with Crippen molar-refractivity contribution in [3.63, 3.8) is 0 Å². The molecule has 2 aromatic rings. The van der Waals surface area contributed by atoms with Gasteiger partial charge in [0.25, 0.3) is 5.91 Å². The van der Waals surface area contributed by atoms with Crippen LogP contribution in [0.25, 0.3) is 0 Å². The molecule has 5 rings (SSSR count). The van der Waals surface area contributed by atoms with Crippen molar-refractivity contribution in [1.82, 2.24) is 10.0 Å². The van der Waals surface area contributed by atoms with Crippen LogP contribution in [-0.2, 0) is 9.59 Å². The fourth-order valence-corrected chi connectivity index (χ4v) is 5.26. The van der Waals surface area contributed by atoms with Gasteiger partial charge in [-0.05, 0) is 42.3 Å². The first-order valence-corrected chi connectivity index (χ1v) is 10.1. The summed E-state index contributed by atoms with van der Waals surface area (Å²) in [5.74, 6) is -1.04. The summed E-state index contributed by atoms with van der Waals surface area (Å²) >= 11 is 12.3. The molecule has 3 saturated heterocycles. The number of carbonyl (C=O) groups excluding carboxylic acids is 2. The number of nitrogens with zero attached hydrogens (tertiary/aromatic N) is 4. The monoisotopic (exact) mass is 426 g/mol. The van der Waals surface area contributed by atoms with E-state index in [1.165, 1.54) is 11.0 Å². The second-order valence-corrected chi connectivity index (χ2v) is 8.28. The van der Waals surface area contributed by atoms with Crippen LogP contribution < -0.4 is 4.90 Å². The van der Waals surface area contributed by atoms with Gasteiger partial charge in [0.2, 0.25) is 5.91 Å². The SMILES string of the molecule is N#Cc1ccc([C@@H]2[C@@H]3C(=O)N(c4ccc(Cl)cc4Cl)C(=O)[C@H]3N3CCCN23)cc1. The molecule has 6 nitrogen and oxygen atoms in total. The number of rotatable bonds is 2. The van der Waals surface area contributed by atoms with E-state index < -0.39 is 12.0 Å². The maximum atomic E-state index is 13.5. The van der Waals surface area contributed by atoms with Gasteiger partial charge in [-0.25, -0.2) is 14.9 Å². The molecule has 0 saturated carbocycles. The summed E-state index contributed by atoms with van der Waals surface area (Å²) in [5.41, 5.74) is 1.85. The third-order valence-corrected chi connectivity index (χ3v) is 6.48. The molecule has 0 spiro atoms. The van der Waals surface area contributed by atoms with E-state index in [9.17, 15) is 9.59 Å². The summed E-state index contributed by atoms with van der Waals surface area (Å²) in [7, 11) is 0. The molecule has 3 aliphatic rings. The van der Waals surface area contributed by atoms with Gasteiger partial charge in [0.05, 0.1) is 34.3 Å². The maximum Gasteiger partial charge on any atom is 0.253 e. The minimum atomic E-state index is -0.544. The van der Waals surface area contributed by atoms with Crippen LogP contribution in [0.5, 0.6) is 0 Å². The molecular weight excluding hydrogens is 411 g/mol. The van der Waals surface area contributed by atoms with E-state index in [4.69, 9.17) is 28.5 Å². The van der Waals surface area contributed by atoms with Crippen LogP contribution in [0.4, 0.5) is 5.69 Å². The summed E-state index contributed by atoms with van der Waals surface area (Å²) in [5, 5.41) is 14.0. The third kappa shape index (κ3) is 2.70. The predicted octanol–water partition coefficient (Wildman–Crippen LogP) is 3.40. The molecule has 3 aliphatic heterocycles. The van der Waals surface area contributed by atoms with E-state index >= 15 is 0 Å². The second-order valence-electron chi connectivity index (χ2n) is 7.44. The Balaban J connectivity index is 1.58. The topological polar surface area (TPSA) is 67.6 Å². The second kappa shape index (κ2) is 6.82. The lowest BCUT2D eigenvalue weighted by Gasteiger charge is -2.30. The largest absolute Gasteiger partial charge is 0.274 e. The molecule has 0 radical (unpaired) electrons. The Morgan fingerprint density at radius 1 is 0.931 bits per heavy atom. The van der Waals surface area contributed by atoms with Crippen LogP contribution in [0, 0.1) is 17.2 Å². The Morgan fingerprint density at radius 2 is 1.62 bits per heavy atom. The van der Waals surface area contributed by atoms with E-state index in [2.05, 4.69) is 11.1 Å². The van der Waals surface area contributed by atoms with Crippen LogP contribution in [0.15, 0.2) is 42.5 Å². The van der Waals surface area contributed by atoms with E-state index in [0.29, 0.717) is 16.3 Å². The number of fused-ring (bicyclic) bond motifs is 3. The number of halogens is 2. The smallest absolute Gasteiger partial charge is 0.253 e. The van der Waals surface area contributed by atoms with Gasteiger partial charge in [0.1, 0.15) is 6.04 Å². The normalized spacial score (nSPS) is 26.7. The zero-order valence-electron chi connectivity index (χ0n) is 15.3. The quantitative estimate of drug-likeness (QED) is 0.688. The van der Waals surface area contributed by atoms with Crippen molar-refractivity contribution < 1.29 is 9.59 Å². The Bertz CT molecular complexity index is 1070. The highest BCUT2D eigenvalue weighted by Gasteiger charge is 2.63. The van der Waals surface area contributed by atoms with Gasteiger partial charge in [-0.1, -0.05) is 35.3 Å². The molecule has 29 heavy (non-hydrogen) atoms. The van der Waals surface area contributed by atoms with Crippen LogP contribution in [0.3, 0.4) is 0 Å². The Labute approximate surface area is 177 Å². The number of hydrogen-bond acceptors (Lipinski definition) is 5. The molecule has 8 heteroatoms. The van der Waals surface area contributed by atoms with Crippen molar-refractivity contribution in [3.8, 4) is 6.07 Å². The first-order chi connectivity index (χ1) is 14.0. The highest BCUT2D eigenvalue weighted by molar-refractivity contribution is 6.38. The number of hydrogen-bond donors (Lipinski definition) is 0. The van der Waals surface area contributed by atoms with E-state index in [0.717, 1.165) is 25.1 Å². The Hall–Kier alpha value is -2.43. The van der Waals surface area contributed by atoms with Crippen molar-refractivity contribution in [2.24, 2.45) is 5.92 Å². The summed E-state index contributed by atoms with van der Waals surface area (Å²) in [6.07, 6.45) is 0.930. The Kier molecular flexibility index (Phi) is 4.37. The predicted molar refractivity (Wildman–Crippen MR) is 108 cm³/mol. The standard InChI is InChI=1S/C21H16Cl2N4O2/c22-14-6-7-16(15(23)10-14)27-20(28)17-18(13-4-2-12(11-24)3-5-13)25-8-1-9-26(25)19(17)21(27)29/h2-7,10,17-19H,1,8-9H2/t17-,18+,19-/m0/s1.